The normalized spacial score (nSPS) is 20.9. The monoisotopic (exact) mass is 232 g/mol. The number of carbonyl (C=O) groups is 1. The summed E-state index contributed by atoms with van der Waals surface area (Å²) < 4.78 is 0. The highest BCUT2D eigenvalue weighted by molar-refractivity contribution is 5.98. The molecular weight excluding hydrogens is 212 g/mol. The maximum atomic E-state index is 12.2. The van der Waals surface area contributed by atoms with Gasteiger partial charge in [-0.3, -0.25) is 4.79 Å². The fraction of sp³-hybridized carbons (Fsp3) is 0.500. The molecule has 0 spiro atoms. The second-order valence-electron chi connectivity index (χ2n) is 4.75. The highest BCUT2D eigenvalue weighted by Gasteiger charge is 2.28. The first kappa shape index (κ1) is 12.1. The van der Waals surface area contributed by atoms with Crippen LogP contribution >= 0.6 is 0 Å². The first-order valence-corrected chi connectivity index (χ1v) is 6.31. The van der Waals surface area contributed by atoms with E-state index in [1.54, 1.807) is 0 Å². The van der Waals surface area contributed by atoms with Crippen molar-refractivity contribution in [1.82, 2.24) is 0 Å². The van der Waals surface area contributed by atoms with E-state index in [9.17, 15) is 4.79 Å². The van der Waals surface area contributed by atoms with Gasteiger partial charge in [0.1, 0.15) is 0 Å². The summed E-state index contributed by atoms with van der Waals surface area (Å²) in [5, 5.41) is 0. The Hall–Kier alpha value is -1.35. The zero-order valence-electron chi connectivity index (χ0n) is 10.5. The second-order valence-corrected chi connectivity index (χ2v) is 4.75. The molecule has 0 aromatic heterocycles. The van der Waals surface area contributed by atoms with Gasteiger partial charge in [0.2, 0.25) is 5.91 Å². The van der Waals surface area contributed by atoms with Crippen LogP contribution in [0.4, 0.5) is 5.69 Å². The van der Waals surface area contributed by atoms with Crippen molar-refractivity contribution in [2.45, 2.75) is 38.6 Å². The summed E-state index contributed by atoms with van der Waals surface area (Å²) in [6.45, 7) is 4.94. The first-order chi connectivity index (χ1) is 8.15. The molecule has 2 atom stereocenters. The van der Waals surface area contributed by atoms with Gasteiger partial charge < -0.3 is 10.6 Å². The molecule has 0 saturated heterocycles. The summed E-state index contributed by atoms with van der Waals surface area (Å²) in [7, 11) is 0. The van der Waals surface area contributed by atoms with Crippen molar-refractivity contribution >= 4 is 11.6 Å². The zero-order valence-corrected chi connectivity index (χ0v) is 10.5. The fourth-order valence-electron chi connectivity index (χ4n) is 2.35. The van der Waals surface area contributed by atoms with Gasteiger partial charge in [-0.15, -0.1) is 0 Å². The number of anilines is 1. The molecule has 3 heteroatoms. The lowest BCUT2D eigenvalue weighted by Gasteiger charge is -2.34. The number of amides is 1. The second kappa shape index (κ2) is 4.88. The third kappa shape index (κ3) is 2.20. The van der Waals surface area contributed by atoms with Crippen molar-refractivity contribution < 1.29 is 4.79 Å². The van der Waals surface area contributed by atoms with Gasteiger partial charge in [0, 0.05) is 12.2 Å². The minimum atomic E-state index is -0.378. The van der Waals surface area contributed by atoms with E-state index in [0.717, 1.165) is 18.7 Å². The van der Waals surface area contributed by atoms with Gasteiger partial charge in [0.15, 0.2) is 0 Å². The average molecular weight is 232 g/mol. The van der Waals surface area contributed by atoms with Gasteiger partial charge in [-0.05, 0) is 30.4 Å². The maximum absolute atomic E-state index is 12.2. The van der Waals surface area contributed by atoms with Crippen LogP contribution in [0.15, 0.2) is 24.3 Å². The Kier molecular flexibility index (Phi) is 3.48. The summed E-state index contributed by atoms with van der Waals surface area (Å²) in [4.78, 5) is 14.1. The van der Waals surface area contributed by atoms with E-state index < -0.39 is 0 Å². The quantitative estimate of drug-likeness (QED) is 0.850. The highest BCUT2D eigenvalue weighted by atomic mass is 16.2. The van der Waals surface area contributed by atoms with E-state index in [0.29, 0.717) is 12.3 Å². The molecule has 1 aromatic carbocycles. The smallest absolute Gasteiger partial charge is 0.243 e. The molecular formula is C14H20N2O. The van der Waals surface area contributed by atoms with Crippen molar-refractivity contribution in [1.29, 1.82) is 0 Å². The average Bonchev–Trinajstić information content (AvgIpc) is 2.38. The SMILES string of the molecule is CC[C@H](N)C(=O)N1CCC(C)c2ccccc21. The molecule has 1 amide bonds. The van der Waals surface area contributed by atoms with Crippen molar-refractivity contribution in [2.75, 3.05) is 11.4 Å². The van der Waals surface area contributed by atoms with E-state index in [4.69, 9.17) is 5.73 Å². The molecule has 0 aliphatic carbocycles. The number of benzene rings is 1. The van der Waals surface area contributed by atoms with Crippen molar-refractivity contribution in [3.8, 4) is 0 Å². The zero-order chi connectivity index (χ0) is 12.4. The van der Waals surface area contributed by atoms with Gasteiger partial charge in [0.25, 0.3) is 0 Å². The van der Waals surface area contributed by atoms with Crippen molar-refractivity contribution in [3.05, 3.63) is 29.8 Å². The van der Waals surface area contributed by atoms with Crippen LogP contribution in [0.25, 0.3) is 0 Å². The third-order valence-electron chi connectivity index (χ3n) is 3.57. The van der Waals surface area contributed by atoms with Crippen LogP contribution in [0, 0.1) is 0 Å². The molecule has 17 heavy (non-hydrogen) atoms. The molecule has 1 heterocycles. The summed E-state index contributed by atoms with van der Waals surface area (Å²) in [6, 6.07) is 7.76. The van der Waals surface area contributed by atoms with Crippen LogP contribution in [0.3, 0.4) is 0 Å². The minimum Gasteiger partial charge on any atom is -0.320 e. The number of hydrogen-bond acceptors (Lipinski definition) is 2. The van der Waals surface area contributed by atoms with Crippen LogP contribution in [0.2, 0.25) is 0 Å². The Morgan fingerprint density at radius 3 is 2.94 bits per heavy atom. The number of hydrogen-bond donors (Lipinski definition) is 1. The molecule has 3 nitrogen and oxygen atoms in total. The Morgan fingerprint density at radius 2 is 2.24 bits per heavy atom. The Labute approximate surface area is 103 Å². The summed E-state index contributed by atoms with van der Waals surface area (Å²) >= 11 is 0. The van der Waals surface area contributed by atoms with Crippen molar-refractivity contribution in [2.24, 2.45) is 5.73 Å². The topological polar surface area (TPSA) is 46.3 Å². The largest absolute Gasteiger partial charge is 0.320 e. The van der Waals surface area contributed by atoms with Crippen LogP contribution in [0.1, 0.15) is 38.2 Å². The first-order valence-electron chi connectivity index (χ1n) is 6.31. The van der Waals surface area contributed by atoms with E-state index in [2.05, 4.69) is 13.0 Å². The van der Waals surface area contributed by atoms with Crippen LogP contribution in [-0.2, 0) is 4.79 Å². The summed E-state index contributed by atoms with van der Waals surface area (Å²) in [5.41, 5.74) is 8.15. The molecule has 1 unspecified atom stereocenters. The minimum absolute atomic E-state index is 0.0480. The number of para-hydroxylation sites is 1. The van der Waals surface area contributed by atoms with Gasteiger partial charge in [-0.25, -0.2) is 0 Å². The maximum Gasteiger partial charge on any atom is 0.243 e. The fourth-order valence-corrected chi connectivity index (χ4v) is 2.35. The number of rotatable bonds is 2. The number of nitrogens with two attached hydrogens (primary N) is 1. The lowest BCUT2D eigenvalue weighted by molar-refractivity contribution is -0.120. The molecule has 0 fully saturated rings. The summed E-state index contributed by atoms with van der Waals surface area (Å²) in [6.07, 6.45) is 1.70. The van der Waals surface area contributed by atoms with Crippen LogP contribution in [-0.4, -0.2) is 18.5 Å². The molecule has 2 N–H and O–H groups in total. The molecule has 1 aliphatic rings. The van der Waals surface area contributed by atoms with Gasteiger partial charge >= 0.3 is 0 Å². The van der Waals surface area contributed by atoms with E-state index in [1.807, 2.05) is 30.0 Å². The van der Waals surface area contributed by atoms with Gasteiger partial charge in [0.05, 0.1) is 6.04 Å². The number of nitrogens with zero attached hydrogens (tertiary/aromatic N) is 1. The lowest BCUT2D eigenvalue weighted by atomic mass is 9.91. The van der Waals surface area contributed by atoms with Crippen LogP contribution in [0.5, 0.6) is 0 Å². The molecule has 0 bridgehead atoms. The van der Waals surface area contributed by atoms with E-state index in [-0.39, 0.29) is 11.9 Å². The standard InChI is InChI=1S/C14H20N2O/c1-3-12(15)14(17)16-9-8-10(2)11-6-4-5-7-13(11)16/h4-7,10,12H,3,8-9,15H2,1-2H3/t10?,12-/m0/s1. The van der Waals surface area contributed by atoms with Gasteiger partial charge in [-0.1, -0.05) is 32.0 Å². The molecule has 0 radical (unpaired) electrons. The highest BCUT2D eigenvalue weighted by Crippen LogP contribution is 2.34. The lowest BCUT2D eigenvalue weighted by Crippen LogP contribution is -2.46. The molecule has 92 valence electrons. The summed E-state index contributed by atoms with van der Waals surface area (Å²) in [5.74, 6) is 0.569. The Bertz CT molecular complexity index is 416. The number of fused-ring (bicyclic) bond motifs is 1. The van der Waals surface area contributed by atoms with E-state index >= 15 is 0 Å². The van der Waals surface area contributed by atoms with E-state index in [1.165, 1.54) is 5.56 Å². The van der Waals surface area contributed by atoms with Crippen molar-refractivity contribution in [3.63, 3.8) is 0 Å². The van der Waals surface area contributed by atoms with Gasteiger partial charge in [-0.2, -0.15) is 0 Å². The third-order valence-corrected chi connectivity index (χ3v) is 3.57. The molecule has 1 aliphatic heterocycles. The molecule has 2 rings (SSSR count). The molecule has 1 aromatic rings. The van der Waals surface area contributed by atoms with Crippen LogP contribution < -0.4 is 10.6 Å². The number of carbonyl (C=O) groups excluding carboxylic acids is 1. The Morgan fingerprint density at radius 1 is 1.53 bits per heavy atom. The predicted octanol–water partition coefficient (Wildman–Crippen LogP) is 2.26. The predicted molar refractivity (Wildman–Crippen MR) is 70.1 cm³/mol. The molecule has 0 saturated carbocycles. The Balaban J connectivity index is 2.33.